The Morgan fingerprint density at radius 2 is 1.78 bits per heavy atom. The highest BCUT2D eigenvalue weighted by Gasteiger charge is 2.18. The first-order valence-corrected chi connectivity index (χ1v) is 9.18. The van der Waals surface area contributed by atoms with Gasteiger partial charge in [0.15, 0.2) is 11.5 Å². The van der Waals surface area contributed by atoms with Gasteiger partial charge in [0.2, 0.25) is 10.0 Å². The summed E-state index contributed by atoms with van der Waals surface area (Å²) in [6.07, 6.45) is 0. The molecule has 0 aromatic heterocycles. The van der Waals surface area contributed by atoms with Gasteiger partial charge in [-0.05, 0) is 35.9 Å². The van der Waals surface area contributed by atoms with Crippen LogP contribution in [0.3, 0.4) is 0 Å². The van der Waals surface area contributed by atoms with E-state index in [9.17, 15) is 8.42 Å². The van der Waals surface area contributed by atoms with Crippen LogP contribution in [-0.2, 0) is 16.6 Å². The third-order valence-electron chi connectivity index (χ3n) is 3.10. The first-order valence-electron chi connectivity index (χ1n) is 6.53. The van der Waals surface area contributed by atoms with E-state index in [0.29, 0.717) is 16.0 Å². The fourth-order valence-electron chi connectivity index (χ4n) is 1.94. The van der Waals surface area contributed by atoms with Crippen molar-refractivity contribution in [2.75, 3.05) is 14.2 Å². The van der Waals surface area contributed by atoms with Crippen LogP contribution in [0.15, 0.2) is 45.8 Å². The van der Waals surface area contributed by atoms with Crippen LogP contribution in [0, 0.1) is 0 Å². The zero-order valence-electron chi connectivity index (χ0n) is 12.5. The standard InChI is InChI=1S/C15H15BrClNO4S/c1-21-13-5-3-10(7-14(13)22-2)9-18-23(19,20)15-6-4-11(16)8-12(15)17/h3-8,18H,9H2,1-2H3. The van der Waals surface area contributed by atoms with Crippen LogP contribution in [-0.4, -0.2) is 22.6 Å². The molecule has 0 saturated carbocycles. The van der Waals surface area contributed by atoms with E-state index in [2.05, 4.69) is 20.7 Å². The van der Waals surface area contributed by atoms with Crippen molar-refractivity contribution in [2.45, 2.75) is 11.4 Å². The average Bonchev–Trinajstić information content (AvgIpc) is 2.52. The highest BCUT2D eigenvalue weighted by molar-refractivity contribution is 9.10. The number of sulfonamides is 1. The molecular formula is C15H15BrClNO4S. The molecule has 0 spiro atoms. The van der Waals surface area contributed by atoms with E-state index in [4.69, 9.17) is 21.1 Å². The Bertz CT molecular complexity index is 811. The highest BCUT2D eigenvalue weighted by Crippen LogP contribution is 2.28. The quantitative estimate of drug-likeness (QED) is 0.775. The molecule has 0 radical (unpaired) electrons. The minimum absolute atomic E-state index is 0.0304. The molecule has 0 aliphatic rings. The minimum atomic E-state index is -3.72. The summed E-state index contributed by atoms with van der Waals surface area (Å²) in [6, 6.07) is 9.79. The van der Waals surface area contributed by atoms with E-state index in [1.54, 1.807) is 24.3 Å². The van der Waals surface area contributed by atoms with Crippen molar-refractivity contribution in [1.82, 2.24) is 4.72 Å². The van der Waals surface area contributed by atoms with Crippen molar-refractivity contribution in [3.05, 3.63) is 51.5 Å². The zero-order chi connectivity index (χ0) is 17.0. The third-order valence-corrected chi connectivity index (χ3v) is 5.48. The number of hydrogen-bond donors (Lipinski definition) is 1. The number of hydrogen-bond acceptors (Lipinski definition) is 4. The van der Waals surface area contributed by atoms with Crippen LogP contribution in [0.1, 0.15) is 5.56 Å². The molecule has 23 heavy (non-hydrogen) atoms. The van der Waals surface area contributed by atoms with E-state index in [0.717, 1.165) is 5.56 Å². The molecule has 0 aliphatic carbocycles. The molecular weight excluding hydrogens is 406 g/mol. The second-order valence-electron chi connectivity index (χ2n) is 4.59. The summed E-state index contributed by atoms with van der Waals surface area (Å²) < 4.78 is 38.3. The van der Waals surface area contributed by atoms with Gasteiger partial charge < -0.3 is 9.47 Å². The predicted octanol–water partition coefficient (Wildman–Crippen LogP) is 3.60. The van der Waals surface area contributed by atoms with Crippen LogP contribution in [0.4, 0.5) is 0 Å². The Morgan fingerprint density at radius 1 is 1.09 bits per heavy atom. The van der Waals surface area contributed by atoms with Crippen molar-refractivity contribution in [3.63, 3.8) is 0 Å². The molecule has 2 rings (SSSR count). The topological polar surface area (TPSA) is 64.6 Å². The molecule has 0 saturated heterocycles. The van der Waals surface area contributed by atoms with Gasteiger partial charge in [-0.15, -0.1) is 0 Å². The maximum atomic E-state index is 12.3. The maximum absolute atomic E-state index is 12.3. The molecule has 0 atom stereocenters. The number of ether oxygens (including phenoxy) is 2. The summed E-state index contributed by atoms with van der Waals surface area (Å²) in [5, 5.41) is 0.152. The molecule has 0 aliphatic heterocycles. The molecule has 0 fully saturated rings. The number of halogens is 2. The lowest BCUT2D eigenvalue weighted by Crippen LogP contribution is -2.23. The first kappa shape index (κ1) is 18.1. The van der Waals surface area contributed by atoms with E-state index >= 15 is 0 Å². The van der Waals surface area contributed by atoms with Crippen LogP contribution in [0.25, 0.3) is 0 Å². The molecule has 5 nitrogen and oxygen atoms in total. The van der Waals surface area contributed by atoms with Crippen molar-refractivity contribution < 1.29 is 17.9 Å². The van der Waals surface area contributed by atoms with Gasteiger partial charge in [-0.25, -0.2) is 13.1 Å². The smallest absolute Gasteiger partial charge is 0.242 e. The minimum Gasteiger partial charge on any atom is -0.493 e. The van der Waals surface area contributed by atoms with Crippen LogP contribution >= 0.6 is 27.5 Å². The summed E-state index contributed by atoms with van der Waals surface area (Å²) in [7, 11) is -0.657. The van der Waals surface area contributed by atoms with Gasteiger partial charge in [0.25, 0.3) is 0 Å². The second-order valence-corrected chi connectivity index (χ2v) is 7.65. The Balaban J connectivity index is 2.19. The van der Waals surface area contributed by atoms with E-state index in [1.165, 1.54) is 26.4 Å². The highest BCUT2D eigenvalue weighted by atomic mass is 79.9. The van der Waals surface area contributed by atoms with E-state index in [-0.39, 0.29) is 16.5 Å². The van der Waals surface area contributed by atoms with Crippen molar-refractivity contribution in [2.24, 2.45) is 0 Å². The van der Waals surface area contributed by atoms with Crippen molar-refractivity contribution in [1.29, 1.82) is 0 Å². The molecule has 0 heterocycles. The number of nitrogens with one attached hydrogen (secondary N) is 1. The summed E-state index contributed by atoms with van der Waals surface area (Å²) in [5.74, 6) is 1.11. The fourth-order valence-corrected chi connectivity index (χ4v) is 3.99. The molecule has 2 aromatic rings. The SMILES string of the molecule is COc1ccc(CNS(=O)(=O)c2ccc(Br)cc2Cl)cc1OC. The summed E-state index contributed by atoms with van der Waals surface area (Å²) >= 11 is 9.24. The normalized spacial score (nSPS) is 11.3. The number of benzene rings is 2. The number of methoxy groups -OCH3 is 2. The Labute approximate surface area is 148 Å². The second kappa shape index (κ2) is 7.53. The lowest BCUT2D eigenvalue weighted by atomic mass is 10.2. The molecule has 8 heteroatoms. The summed E-state index contributed by atoms with van der Waals surface area (Å²) in [4.78, 5) is 0.0304. The first-order chi connectivity index (χ1) is 10.9. The van der Waals surface area contributed by atoms with Gasteiger partial charge in [-0.1, -0.05) is 33.6 Å². The van der Waals surface area contributed by atoms with Gasteiger partial charge in [-0.3, -0.25) is 0 Å². The van der Waals surface area contributed by atoms with Crippen LogP contribution in [0.2, 0.25) is 5.02 Å². The Kier molecular flexibility index (Phi) is 5.91. The summed E-state index contributed by atoms with van der Waals surface area (Å²) in [5.41, 5.74) is 0.736. The van der Waals surface area contributed by atoms with Crippen LogP contribution in [0.5, 0.6) is 11.5 Å². The van der Waals surface area contributed by atoms with Crippen molar-refractivity contribution in [3.8, 4) is 11.5 Å². The molecule has 1 N–H and O–H groups in total. The molecule has 124 valence electrons. The van der Waals surface area contributed by atoms with Crippen LogP contribution < -0.4 is 14.2 Å². The fraction of sp³-hybridized carbons (Fsp3) is 0.200. The van der Waals surface area contributed by atoms with Gasteiger partial charge in [0.05, 0.1) is 19.2 Å². The van der Waals surface area contributed by atoms with E-state index < -0.39 is 10.0 Å². The maximum Gasteiger partial charge on any atom is 0.242 e. The monoisotopic (exact) mass is 419 g/mol. The zero-order valence-corrected chi connectivity index (χ0v) is 15.6. The largest absolute Gasteiger partial charge is 0.493 e. The molecule has 0 unspecified atom stereocenters. The van der Waals surface area contributed by atoms with Gasteiger partial charge in [0.1, 0.15) is 4.90 Å². The lowest BCUT2D eigenvalue weighted by Gasteiger charge is -2.11. The molecule has 0 amide bonds. The van der Waals surface area contributed by atoms with Gasteiger partial charge in [0, 0.05) is 11.0 Å². The Hall–Kier alpha value is -1.28. The van der Waals surface area contributed by atoms with Gasteiger partial charge in [-0.2, -0.15) is 0 Å². The molecule has 2 aromatic carbocycles. The third kappa shape index (κ3) is 4.38. The van der Waals surface area contributed by atoms with E-state index in [1.807, 2.05) is 0 Å². The Morgan fingerprint density at radius 3 is 2.39 bits per heavy atom. The number of rotatable bonds is 6. The van der Waals surface area contributed by atoms with Crippen molar-refractivity contribution >= 4 is 37.6 Å². The molecule has 0 bridgehead atoms. The predicted molar refractivity (Wildman–Crippen MR) is 92.7 cm³/mol. The average molecular weight is 421 g/mol. The summed E-state index contributed by atoms with van der Waals surface area (Å²) in [6.45, 7) is 0.106. The lowest BCUT2D eigenvalue weighted by molar-refractivity contribution is 0.354. The van der Waals surface area contributed by atoms with Gasteiger partial charge >= 0.3 is 0 Å².